The van der Waals surface area contributed by atoms with Crippen molar-refractivity contribution < 1.29 is 0 Å². The average Bonchev–Trinajstić information content (AvgIpc) is 2.26. The van der Waals surface area contributed by atoms with Crippen LogP contribution in [0.15, 0.2) is 0 Å². The van der Waals surface area contributed by atoms with Gasteiger partial charge in [-0.15, -0.1) is 0 Å². The van der Waals surface area contributed by atoms with Gasteiger partial charge in [0.2, 0.25) is 0 Å². The molecule has 0 aromatic carbocycles. The van der Waals surface area contributed by atoms with Gasteiger partial charge in [-0.2, -0.15) is 0 Å². The summed E-state index contributed by atoms with van der Waals surface area (Å²) in [7, 11) is 0. The van der Waals surface area contributed by atoms with Crippen LogP contribution >= 0.6 is 0 Å². The maximum absolute atomic E-state index is 2.30. The zero-order chi connectivity index (χ0) is 11.2. The normalized spacial score (nSPS) is 10.8. The summed E-state index contributed by atoms with van der Waals surface area (Å²) in [6.45, 7) is 4.60. The summed E-state index contributed by atoms with van der Waals surface area (Å²) in [6, 6.07) is 0. The number of hydrogen-bond acceptors (Lipinski definition) is 0. The Morgan fingerprint density at radius 2 is 0.933 bits per heavy atom. The van der Waals surface area contributed by atoms with E-state index in [0.29, 0.717) is 0 Å². The zero-order valence-corrected chi connectivity index (χ0v) is 15.2. The first-order valence-electron chi connectivity index (χ1n) is 7.41. The molecule has 0 atom stereocenters. The van der Waals surface area contributed by atoms with Crippen molar-refractivity contribution in [3.63, 3.8) is 0 Å². The maximum atomic E-state index is 2.30. The summed E-state index contributed by atoms with van der Waals surface area (Å²) < 4.78 is 3.39. The van der Waals surface area contributed by atoms with E-state index < -0.39 is 0 Å². The third-order valence-electron chi connectivity index (χ3n) is 3.21. The zero-order valence-electron chi connectivity index (χ0n) is 11.2. The minimum absolute atomic E-state index is 0.242. The molecule has 0 amide bonds. The molecule has 0 aliphatic heterocycles. The molecule has 92 valence electrons. The molecule has 0 aromatic rings. The standard InChI is InChI=1S/2C7H15.Sn.2H/c2*1-3-5-7-6-4-2;;;/h2*1,3-7H2,2H3;;;. The fraction of sp³-hybridized carbons (Fsp3) is 1.00. The summed E-state index contributed by atoms with van der Waals surface area (Å²) >= 11 is -0.242. The molecule has 0 unspecified atom stereocenters. The Labute approximate surface area is 108 Å². The Morgan fingerprint density at radius 3 is 1.33 bits per heavy atom. The van der Waals surface area contributed by atoms with Crippen LogP contribution in [0.25, 0.3) is 0 Å². The van der Waals surface area contributed by atoms with Crippen molar-refractivity contribution in [1.29, 1.82) is 0 Å². The summed E-state index contributed by atoms with van der Waals surface area (Å²) in [5.74, 6) is 0. The van der Waals surface area contributed by atoms with Crippen molar-refractivity contribution >= 4 is 21.1 Å². The van der Waals surface area contributed by atoms with Crippen LogP contribution in [0.5, 0.6) is 0 Å². The molecule has 0 heterocycles. The van der Waals surface area contributed by atoms with E-state index in [1.54, 1.807) is 21.7 Å². The molecule has 0 aliphatic carbocycles. The van der Waals surface area contributed by atoms with Crippen LogP contribution in [0.3, 0.4) is 0 Å². The molecule has 0 fully saturated rings. The van der Waals surface area contributed by atoms with Crippen LogP contribution in [0, 0.1) is 0 Å². The van der Waals surface area contributed by atoms with Crippen molar-refractivity contribution in [2.24, 2.45) is 0 Å². The first-order valence-corrected chi connectivity index (χ1v) is 13.1. The van der Waals surface area contributed by atoms with Crippen molar-refractivity contribution in [3.05, 3.63) is 0 Å². The van der Waals surface area contributed by atoms with Crippen LogP contribution in [0.4, 0.5) is 0 Å². The Kier molecular flexibility index (Phi) is 15.6. The van der Waals surface area contributed by atoms with Crippen LogP contribution in [0.2, 0.25) is 8.87 Å². The van der Waals surface area contributed by atoms with Gasteiger partial charge in [-0.05, 0) is 0 Å². The Morgan fingerprint density at radius 1 is 0.533 bits per heavy atom. The fourth-order valence-corrected chi connectivity index (χ4v) is 7.14. The second kappa shape index (κ2) is 14.8. The van der Waals surface area contributed by atoms with E-state index in [9.17, 15) is 0 Å². The van der Waals surface area contributed by atoms with E-state index >= 15 is 0 Å². The van der Waals surface area contributed by atoms with Gasteiger partial charge in [0.15, 0.2) is 0 Å². The molecule has 0 rings (SSSR count). The monoisotopic (exact) mass is 320 g/mol. The molecule has 0 radical (unpaired) electrons. The molecule has 0 saturated carbocycles. The third kappa shape index (κ3) is 14.8. The fourth-order valence-electron chi connectivity index (χ4n) is 2.09. The van der Waals surface area contributed by atoms with Crippen LogP contribution in [-0.2, 0) is 0 Å². The van der Waals surface area contributed by atoms with E-state index in [1.807, 2.05) is 0 Å². The molecule has 0 bridgehead atoms. The van der Waals surface area contributed by atoms with Crippen LogP contribution < -0.4 is 0 Å². The van der Waals surface area contributed by atoms with Gasteiger partial charge in [0.25, 0.3) is 0 Å². The summed E-state index contributed by atoms with van der Waals surface area (Å²) in [4.78, 5) is 0. The molecule has 0 aromatic heterocycles. The SMILES string of the molecule is CCCCCC[CH2][SnH2][CH2]CCCCCC. The Hall–Kier alpha value is 0.799. The first kappa shape index (κ1) is 15.8. The van der Waals surface area contributed by atoms with Crippen molar-refractivity contribution in [2.45, 2.75) is 86.9 Å². The quantitative estimate of drug-likeness (QED) is 0.353. The van der Waals surface area contributed by atoms with Gasteiger partial charge >= 0.3 is 108 Å². The van der Waals surface area contributed by atoms with Crippen molar-refractivity contribution in [1.82, 2.24) is 0 Å². The number of hydrogen-bond donors (Lipinski definition) is 0. The molecule has 0 spiro atoms. The Balaban J connectivity index is 2.81. The molecule has 0 aliphatic rings. The predicted octanol–water partition coefficient (Wildman–Crippen LogP) is 4.93. The molecule has 1 heteroatoms. The minimum atomic E-state index is -0.242. The molecule has 15 heavy (non-hydrogen) atoms. The van der Waals surface area contributed by atoms with Gasteiger partial charge in [-0.3, -0.25) is 0 Å². The van der Waals surface area contributed by atoms with Crippen LogP contribution in [0.1, 0.15) is 78.1 Å². The summed E-state index contributed by atoms with van der Waals surface area (Å²) in [5.41, 5.74) is 0. The summed E-state index contributed by atoms with van der Waals surface area (Å²) in [5, 5.41) is 0. The molecule has 0 N–H and O–H groups in total. The third-order valence-corrected chi connectivity index (χ3v) is 8.92. The molecular formula is C14H32Sn. The second-order valence-electron chi connectivity index (χ2n) is 4.89. The van der Waals surface area contributed by atoms with Gasteiger partial charge in [0.05, 0.1) is 0 Å². The Bertz CT molecular complexity index is 89.5. The van der Waals surface area contributed by atoms with Gasteiger partial charge < -0.3 is 0 Å². The molecule has 0 nitrogen and oxygen atoms in total. The van der Waals surface area contributed by atoms with E-state index in [-0.39, 0.29) is 21.1 Å². The number of unbranched alkanes of at least 4 members (excludes halogenated alkanes) is 8. The van der Waals surface area contributed by atoms with E-state index in [4.69, 9.17) is 0 Å². The van der Waals surface area contributed by atoms with Gasteiger partial charge in [-0.25, -0.2) is 0 Å². The van der Waals surface area contributed by atoms with E-state index in [1.165, 1.54) is 51.4 Å². The van der Waals surface area contributed by atoms with E-state index in [2.05, 4.69) is 13.8 Å². The second-order valence-corrected chi connectivity index (χ2v) is 10.9. The van der Waals surface area contributed by atoms with Crippen LogP contribution in [-0.4, -0.2) is 21.1 Å². The van der Waals surface area contributed by atoms with Gasteiger partial charge in [-0.1, -0.05) is 0 Å². The van der Waals surface area contributed by atoms with Crippen molar-refractivity contribution in [2.75, 3.05) is 0 Å². The first-order chi connectivity index (χ1) is 7.41. The number of rotatable bonds is 12. The molecule has 0 saturated heterocycles. The van der Waals surface area contributed by atoms with Crippen molar-refractivity contribution in [3.8, 4) is 0 Å². The predicted molar refractivity (Wildman–Crippen MR) is 75.7 cm³/mol. The summed E-state index contributed by atoms with van der Waals surface area (Å²) in [6.07, 6.45) is 14.9. The molecular weight excluding hydrogens is 287 g/mol. The van der Waals surface area contributed by atoms with E-state index in [0.717, 1.165) is 0 Å². The average molecular weight is 319 g/mol. The topological polar surface area (TPSA) is 0 Å². The van der Waals surface area contributed by atoms with Gasteiger partial charge in [0, 0.05) is 0 Å². The van der Waals surface area contributed by atoms with Gasteiger partial charge in [0.1, 0.15) is 0 Å².